The first-order valence-electron chi connectivity index (χ1n) is 8.69. The fraction of sp³-hybridized carbons (Fsp3) is 0.300. The lowest BCUT2D eigenvalue weighted by molar-refractivity contribution is -0.137. The zero-order valence-corrected chi connectivity index (χ0v) is 15.5. The summed E-state index contributed by atoms with van der Waals surface area (Å²) in [6.07, 6.45) is -3.82. The number of nitrogens with one attached hydrogen (secondary N) is 2. The van der Waals surface area contributed by atoms with Crippen LogP contribution in [0.15, 0.2) is 42.5 Å². The van der Waals surface area contributed by atoms with Crippen LogP contribution in [0.25, 0.3) is 0 Å². The van der Waals surface area contributed by atoms with Crippen LogP contribution in [0.5, 0.6) is 5.75 Å². The molecule has 5 nitrogen and oxygen atoms in total. The zero-order chi connectivity index (χ0) is 20.7. The van der Waals surface area contributed by atoms with E-state index in [4.69, 9.17) is 4.74 Å². The largest absolute Gasteiger partial charge is 0.491 e. The Morgan fingerprint density at radius 1 is 1.11 bits per heavy atom. The molecule has 0 aliphatic carbocycles. The van der Waals surface area contributed by atoms with Crippen molar-refractivity contribution in [1.29, 1.82) is 0 Å². The maximum Gasteiger partial charge on any atom is 0.416 e. The van der Waals surface area contributed by atoms with Crippen molar-refractivity contribution in [2.24, 2.45) is 0 Å². The SMILES string of the molecule is CCCOc1ccc(C(F)(F)F)cc1NCC(=O)Nc1cccc(C(C)=O)c1. The van der Waals surface area contributed by atoms with Crippen LogP contribution < -0.4 is 15.4 Å². The van der Waals surface area contributed by atoms with Crippen molar-refractivity contribution < 1.29 is 27.5 Å². The summed E-state index contributed by atoms with van der Waals surface area (Å²) in [7, 11) is 0. The van der Waals surface area contributed by atoms with E-state index < -0.39 is 17.6 Å². The number of amides is 1. The maximum atomic E-state index is 13.0. The second-order valence-corrected chi connectivity index (χ2v) is 6.10. The molecule has 0 atom stereocenters. The topological polar surface area (TPSA) is 67.4 Å². The first kappa shape index (κ1) is 21.3. The van der Waals surface area contributed by atoms with Gasteiger partial charge in [0, 0.05) is 11.3 Å². The number of rotatable bonds is 8. The lowest BCUT2D eigenvalue weighted by Crippen LogP contribution is -2.22. The lowest BCUT2D eigenvalue weighted by Gasteiger charge is -2.16. The molecular weight excluding hydrogens is 373 g/mol. The van der Waals surface area contributed by atoms with E-state index in [-0.39, 0.29) is 23.8 Å². The van der Waals surface area contributed by atoms with Gasteiger partial charge in [0.15, 0.2) is 5.78 Å². The smallest absolute Gasteiger partial charge is 0.416 e. The van der Waals surface area contributed by atoms with Gasteiger partial charge in [0.05, 0.1) is 24.4 Å². The summed E-state index contributed by atoms with van der Waals surface area (Å²) in [6, 6.07) is 9.47. The normalized spacial score (nSPS) is 11.0. The molecule has 0 radical (unpaired) electrons. The lowest BCUT2D eigenvalue weighted by atomic mass is 10.1. The number of anilines is 2. The molecule has 8 heteroatoms. The standard InChI is InChI=1S/C20H21F3N2O3/c1-3-9-28-18-8-7-15(20(21,22)23)11-17(18)24-12-19(27)25-16-6-4-5-14(10-16)13(2)26/h4-8,10-11,24H,3,9,12H2,1-2H3,(H,25,27). The van der Waals surface area contributed by atoms with Crippen molar-refractivity contribution in [3.8, 4) is 5.75 Å². The molecule has 0 aromatic heterocycles. The van der Waals surface area contributed by atoms with Crippen molar-refractivity contribution in [2.45, 2.75) is 26.4 Å². The molecule has 28 heavy (non-hydrogen) atoms. The van der Waals surface area contributed by atoms with Crippen LogP contribution >= 0.6 is 0 Å². The number of benzene rings is 2. The van der Waals surface area contributed by atoms with E-state index in [9.17, 15) is 22.8 Å². The van der Waals surface area contributed by atoms with Gasteiger partial charge in [0.2, 0.25) is 5.91 Å². The molecule has 0 unspecified atom stereocenters. The van der Waals surface area contributed by atoms with Gasteiger partial charge in [0.25, 0.3) is 0 Å². The summed E-state index contributed by atoms with van der Waals surface area (Å²) in [6.45, 7) is 3.35. The Morgan fingerprint density at radius 2 is 1.86 bits per heavy atom. The first-order chi connectivity index (χ1) is 13.2. The van der Waals surface area contributed by atoms with Crippen LogP contribution in [0.2, 0.25) is 0 Å². The number of carbonyl (C=O) groups is 2. The highest BCUT2D eigenvalue weighted by atomic mass is 19.4. The van der Waals surface area contributed by atoms with Gasteiger partial charge in [-0.05, 0) is 43.7 Å². The minimum Gasteiger partial charge on any atom is -0.491 e. The van der Waals surface area contributed by atoms with E-state index in [1.807, 2.05) is 6.92 Å². The molecule has 2 aromatic rings. The van der Waals surface area contributed by atoms with Gasteiger partial charge in [-0.25, -0.2) is 0 Å². The minimum absolute atomic E-state index is 0.0795. The quantitative estimate of drug-likeness (QED) is 0.634. The molecule has 1 amide bonds. The maximum absolute atomic E-state index is 13.0. The van der Waals surface area contributed by atoms with Crippen LogP contribution in [0, 0.1) is 0 Å². The van der Waals surface area contributed by atoms with E-state index in [0.29, 0.717) is 24.3 Å². The summed E-state index contributed by atoms with van der Waals surface area (Å²) in [5.41, 5.74) is 0.106. The average Bonchev–Trinajstić information content (AvgIpc) is 2.64. The van der Waals surface area contributed by atoms with Crippen molar-refractivity contribution in [2.75, 3.05) is 23.8 Å². The predicted octanol–water partition coefficient (Wildman–Crippen LogP) is 4.75. The minimum atomic E-state index is -4.50. The van der Waals surface area contributed by atoms with Crippen LogP contribution in [0.4, 0.5) is 24.5 Å². The summed E-state index contributed by atoms with van der Waals surface area (Å²) < 4.78 is 44.3. The molecule has 2 rings (SSSR count). The zero-order valence-electron chi connectivity index (χ0n) is 15.5. The van der Waals surface area contributed by atoms with E-state index >= 15 is 0 Å². The Hall–Kier alpha value is -3.03. The second kappa shape index (κ2) is 9.25. The third kappa shape index (κ3) is 6.00. The molecule has 2 aromatic carbocycles. The Labute approximate surface area is 160 Å². The van der Waals surface area contributed by atoms with Crippen molar-refractivity contribution in [3.05, 3.63) is 53.6 Å². The van der Waals surface area contributed by atoms with Gasteiger partial charge in [-0.1, -0.05) is 19.1 Å². The summed E-state index contributed by atoms with van der Waals surface area (Å²) in [5.74, 6) is -0.378. The van der Waals surface area contributed by atoms with Gasteiger partial charge in [0.1, 0.15) is 5.75 Å². The molecule has 0 saturated carbocycles. The third-order valence-corrected chi connectivity index (χ3v) is 3.76. The molecule has 0 heterocycles. The fourth-order valence-corrected chi connectivity index (χ4v) is 2.38. The van der Waals surface area contributed by atoms with Gasteiger partial charge in [-0.3, -0.25) is 9.59 Å². The van der Waals surface area contributed by atoms with E-state index in [1.54, 1.807) is 18.2 Å². The van der Waals surface area contributed by atoms with Crippen LogP contribution in [0.3, 0.4) is 0 Å². The highest BCUT2D eigenvalue weighted by molar-refractivity contribution is 5.98. The number of ether oxygens (including phenoxy) is 1. The predicted molar refractivity (Wildman–Crippen MR) is 101 cm³/mol. The summed E-state index contributed by atoms with van der Waals surface area (Å²) in [4.78, 5) is 23.6. The Morgan fingerprint density at radius 3 is 2.50 bits per heavy atom. The van der Waals surface area contributed by atoms with Crippen LogP contribution in [0.1, 0.15) is 36.2 Å². The van der Waals surface area contributed by atoms with Gasteiger partial charge in [-0.2, -0.15) is 13.2 Å². The van der Waals surface area contributed by atoms with E-state index in [0.717, 1.165) is 12.1 Å². The van der Waals surface area contributed by atoms with Crippen LogP contribution in [-0.4, -0.2) is 24.8 Å². The number of carbonyl (C=O) groups excluding carboxylic acids is 2. The number of hydrogen-bond acceptors (Lipinski definition) is 4. The number of hydrogen-bond donors (Lipinski definition) is 2. The summed E-state index contributed by atoms with van der Waals surface area (Å²) in [5, 5.41) is 5.29. The number of alkyl halides is 3. The van der Waals surface area contributed by atoms with Crippen molar-refractivity contribution >= 4 is 23.1 Å². The monoisotopic (exact) mass is 394 g/mol. The van der Waals surface area contributed by atoms with Crippen LogP contribution in [-0.2, 0) is 11.0 Å². The highest BCUT2D eigenvalue weighted by Gasteiger charge is 2.31. The first-order valence-corrected chi connectivity index (χ1v) is 8.69. The molecular formula is C20H21F3N2O3. The van der Waals surface area contributed by atoms with Gasteiger partial charge in [-0.15, -0.1) is 0 Å². The third-order valence-electron chi connectivity index (χ3n) is 3.76. The molecule has 0 bridgehead atoms. The second-order valence-electron chi connectivity index (χ2n) is 6.10. The van der Waals surface area contributed by atoms with E-state index in [1.165, 1.54) is 19.1 Å². The summed E-state index contributed by atoms with van der Waals surface area (Å²) >= 11 is 0. The molecule has 0 fully saturated rings. The Bertz CT molecular complexity index is 851. The van der Waals surface area contributed by atoms with Crippen molar-refractivity contribution in [3.63, 3.8) is 0 Å². The molecule has 0 aliphatic rings. The Balaban J connectivity index is 2.10. The number of halogens is 3. The molecule has 2 N–H and O–H groups in total. The molecule has 0 aliphatic heterocycles. The van der Waals surface area contributed by atoms with Gasteiger partial charge < -0.3 is 15.4 Å². The molecule has 150 valence electrons. The van der Waals surface area contributed by atoms with Crippen molar-refractivity contribution in [1.82, 2.24) is 0 Å². The number of ketones is 1. The van der Waals surface area contributed by atoms with Gasteiger partial charge >= 0.3 is 6.18 Å². The van der Waals surface area contributed by atoms with E-state index in [2.05, 4.69) is 10.6 Å². The highest BCUT2D eigenvalue weighted by Crippen LogP contribution is 2.35. The number of Topliss-reactive ketones (excluding diaryl/α,β-unsaturated/α-hetero) is 1. The molecule has 0 saturated heterocycles. The molecule has 0 spiro atoms. The Kier molecular flexibility index (Phi) is 7.03. The fourth-order valence-electron chi connectivity index (χ4n) is 2.38. The average molecular weight is 394 g/mol.